The molecule has 0 aliphatic heterocycles. The van der Waals surface area contributed by atoms with Crippen LogP contribution < -0.4 is 10.6 Å². The van der Waals surface area contributed by atoms with E-state index in [-0.39, 0.29) is 5.91 Å². The quantitative estimate of drug-likeness (QED) is 0.743. The van der Waals surface area contributed by atoms with Gasteiger partial charge in [0.1, 0.15) is 11.6 Å². The third-order valence-corrected chi connectivity index (χ3v) is 4.19. The number of amides is 2. The van der Waals surface area contributed by atoms with Gasteiger partial charge < -0.3 is 15.4 Å². The van der Waals surface area contributed by atoms with Crippen molar-refractivity contribution in [1.29, 1.82) is 0 Å². The third-order valence-electron chi connectivity index (χ3n) is 2.81. The van der Waals surface area contributed by atoms with E-state index in [1.165, 1.54) is 0 Å². The molecule has 0 aromatic heterocycles. The molecule has 0 spiro atoms. The predicted molar refractivity (Wildman–Crippen MR) is 101 cm³/mol. The Bertz CT molecular complexity index is 591. The molecule has 5 nitrogen and oxygen atoms in total. The highest BCUT2D eigenvalue weighted by atomic mass is 35.5. The first-order valence-electron chi connectivity index (χ1n) is 7.37. The Morgan fingerprint density at radius 2 is 1.92 bits per heavy atom. The molecular weight excluding hydrogens is 371 g/mol. The summed E-state index contributed by atoms with van der Waals surface area (Å²) in [7, 11) is 0. The van der Waals surface area contributed by atoms with E-state index in [1.807, 2.05) is 6.26 Å². The van der Waals surface area contributed by atoms with Crippen LogP contribution in [0.2, 0.25) is 10.0 Å². The van der Waals surface area contributed by atoms with Crippen LogP contribution in [0.4, 0.5) is 10.5 Å². The molecule has 1 atom stereocenters. The van der Waals surface area contributed by atoms with E-state index < -0.39 is 17.7 Å². The van der Waals surface area contributed by atoms with Crippen LogP contribution in [0.25, 0.3) is 0 Å². The Hall–Kier alpha value is -1.11. The van der Waals surface area contributed by atoms with Crippen LogP contribution in [0.1, 0.15) is 27.2 Å². The van der Waals surface area contributed by atoms with Crippen molar-refractivity contribution in [1.82, 2.24) is 5.32 Å². The van der Waals surface area contributed by atoms with Gasteiger partial charge in [-0.25, -0.2) is 4.79 Å². The van der Waals surface area contributed by atoms with Gasteiger partial charge in [0.25, 0.3) is 0 Å². The van der Waals surface area contributed by atoms with Crippen LogP contribution in [0.3, 0.4) is 0 Å². The summed E-state index contributed by atoms with van der Waals surface area (Å²) < 4.78 is 5.21. The van der Waals surface area contributed by atoms with E-state index in [2.05, 4.69) is 10.6 Å². The molecule has 0 heterocycles. The standard InChI is InChI=1S/C16H22Cl2N2O3S/c1-16(2,3)23-15(22)20-13(7-8-24-4)14(21)19-10-5-6-11(17)12(18)9-10/h5-6,9,13H,7-8H2,1-4H3,(H,19,21)(H,20,22)/t13-/m0/s1. The van der Waals surface area contributed by atoms with Gasteiger partial charge in [-0.1, -0.05) is 23.2 Å². The zero-order valence-corrected chi connectivity index (χ0v) is 16.4. The van der Waals surface area contributed by atoms with Crippen LogP contribution in [-0.2, 0) is 9.53 Å². The number of halogens is 2. The molecule has 0 saturated carbocycles. The minimum absolute atomic E-state index is 0.340. The topological polar surface area (TPSA) is 67.4 Å². The Morgan fingerprint density at radius 3 is 2.46 bits per heavy atom. The third kappa shape index (κ3) is 7.64. The van der Waals surface area contributed by atoms with E-state index in [1.54, 1.807) is 50.7 Å². The monoisotopic (exact) mass is 392 g/mol. The maximum atomic E-state index is 12.4. The minimum atomic E-state index is -0.707. The first kappa shape index (κ1) is 20.9. The van der Waals surface area contributed by atoms with Gasteiger partial charge in [0, 0.05) is 5.69 Å². The molecule has 0 aliphatic carbocycles. The molecule has 0 aliphatic rings. The normalized spacial score (nSPS) is 12.4. The van der Waals surface area contributed by atoms with Crippen molar-refractivity contribution in [2.24, 2.45) is 0 Å². The maximum Gasteiger partial charge on any atom is 0.408 e. The molecule has 0 saturated heterocycles. The fraction of sp³-hybridized carbons (Fsp3) is 0.500. The molecule has 0 radical (unpaired) electrons. The molecule has 0 fully saturated rings. The van der Waals surface area contributed by atoms with Crippen molar-refractivity contribution in [2.45, 2.75) is 38.8 Å². The molecule has 1 aromatic carbocycles. The summed E-state index contributed by atoms with van der Waals surface area (Å²) in [6.45, 7) is 5.29. The van der Waals surface area contributed by atoms with Crippen LogP contribution in [-0.4, -0.2) is 35.7 Å². The zero-order chi connectivity index (χ0) is 18.3. The molecule has 8 heteroatoms. The lowest BCUT2D eigenvalue weighted by Gasteiger charge is -2.23. The summed E-state index contributed by atoms with van der Waals surface area (Å²) in [5, 5.41) is 6.08. The molecule has 1 rings (SSSR count). The minimum Gasteiger partial charge on any atom is -0.444 e. The average molecular weight is 393 g/mol. The number of nitrogens with one attached hydrogen (secondary N) is 2. The largest absolute Gasteiger partial charge is 0.444 e. The summed E-state index contributed by atoms with van der Waals surface area (Å²) in [4.78, 5) is 24.4. The fourth-order valence-corrected chi connectivity index (χ4v) is 2.53. The molecule has 0 bridgehead atoms. The van der Waals surface area contributed by atoms with E-state index >= 15 is 0 Å². The lowest BCUT2D eigenvalue weighted by molar-refractivity contribution is -0.118. The van der Waals surface area contributed by atoms with E-state index in [0.29, 0.717) is 22.2 Å². The van der Waals surface area contributed by atoms with E-state index in [9.17, 15) is 9.59 Å². The maximum absolute atomic E-state index is 12.4. The van der Waals surface area contributed by atoms with Gasteiger partial charge >= 0.3 is 6.09 Å². The number of hydrogen-bond acceptors (Lipinski definition) is 4. The van der Waals surface area contributed by atoms with Crippen LogP contribution in [0.5, 0.6) is 0 Å². The SMILES string of the molecule is CSCC[C@H](NC(=O)OC(C)(C)C)C(=O)Nc1ccc(Cl)c(Cl)c1. The number of anilines is 1. The van der Waals surface area contributed by atoms with Gasteiger partial charge in [-0.2, -0.15) is 11.8 Å². The van der Waals surface area contributed by atoms with Gasteiger partial charge in [0.05, 0.1) is 10.0 Å². The number of ether oxygens (including phenoxy) is 1. The highest BCUT2D eigenvalue weighted by molar-refractivity contribution is 7.98. The number of rotatable bonds is 6. The summed E-state index contributed by atoms with van der Waals surface area (Å²) in [6.07, 6.45) is 1.78. The molecule has 24 heavy (non-hydrogen) atoms. The van der Waals surface area contributed by atoms with Crippen molar-refractivity contribution in [3.05, 3.63) is 28.2 Å². The predicted octanol–water partition coefficient (Wildman–Crippen LogP) is 4.58. The first-order chi connectivity index (χ1) is 11.1. The van der Waals surface area contributed by atoms with Crippen LogP contribution >= 0.6 is 35.0 Å². The number of alkyl carbamates (subject to hydrolysis) is 1. The van der Waals surface area contributed by atoms with Crippen molar-refractivity contribution in [3.63, 3.8) is 0 Å². The Labute approximate surface area is 156 Å². The zero-order valence-electron chi connectivity index (χ0n) is 14.1. The van der Waals surface area contributed by atoms with E-state index in [4.69, 9.17) is 27.9 Å². The average Bonchev–Trinajstić information content (AvgIpc) is 2.45. The number of thioether (sulfide) groups is 1. The molecule has 2 amide bonds. The van der Waals surface area contributed by atoms with Crippen molar-refractivity contribution in [2.75, 3.05) is 17.3 Å². The number of benzene rings is 1. The highest BCUT2D eigenvalue weighted by Gasteiger charge is 2.24. The second-order valence-electron chi connectivity index (χ2n) is 6.10. The van der Waals surface area contributed by atoms with Gasteiger partial charge in [-0.05, 0) is 57.4 Å². The van der Waals surface area contributed by atoms with Gasteiger partial charge in [0.15, 0.2) is 0 Å². The molecule has 0 unspecified atom stereocenters. The van der Waals surface area contributed by atoms with E-state index in [0.717, 1.165) is 5.75 Å². The van der Waals surface area contributed by atoms with Gasteiger partial charge in [0.2, 0.25) is 5.91 Å². The molecule has 1 aromatic rings. The smallest absolute Gasteiger partial charge is 0.408 e. The van der Waals surface area contributed by atoms with Crippen molar-refractivity contribution >= 4 is 52.7 Å². The number of carbonyl (C=O) groups is 2. The lowest BCUT2D eigenvalue weighted by Crippen LogP contribution is -2.46. The number of hydrogen-bond donors (Lipinski definition) is 2. The van der Waals surface area contributed by atoms with Gasteiger partial charge in [-0.3, -0.25) is 4.79 Å². The Balaban J connectivity index is 2.76. The second kappa shape index (κ2) is 9.39. The summed E-state index contributed by atoms with van der Waals surface area (Å²) in [5.41, 5.74) is -0.122. The number of carbonyl (C=O) groups excluding carboxylic acids is 2. The highest BCUT2D eigenvalue weighted by Crippen LogP contribution is 2.25. The Kier molecular flexibility index (Phi) is 8.19. The van der Waals surface area contributed by atoms with Gasteiger partial charge in [-0.15, -0.1) is 0 Å². The first-order valence-corrected chi connectivity index (χ1v) is 9.51. The molecule has 2 N–H and O–H groups in total. The molecule has 134 valence electrons. The van der Waals surface area contributed by atoms with Crippen molar-refractivity contribution < 1.29 is 14.3 Å². The summed E-state index contributed by atoms with van der Waals surface area (Å²) in [5.74, 6) is 0.378. The van der Waals surface area contributed by atoms with Crippen LogP contribution in [0.15, 0.2) is 18.2 Å². The second-order valence-corrected chi connectivity index (χ2v) is 7.90. The molecular formula is C16H22Cl2N2O3S. The fourth-order valence-electron chi connectivity index (χ4n) is 1.76. The summed E-state index contributed by atoms with van der Waals surface area (Å²) >= 11 is 13.4. The van der Waals surface area contributed by atoms with Crippen LogP contribution in [0, 0.1) is 0 Å². The lowest BCUT2D eigenvalue weighted by atomic mass is 10.2. The van der Waals surface area contributed by atoms with Crippen molar-refractivity contribution in [3.8, 4) is 0 Å². The summed E-state index contributed by atoms with van der Waals surface area (Å²) in [6, 6.07) is 4.09. The Morgan fingerprint density at radius 1 is 1.25 bits per heavy atom.